The minimum Gasteiger partial charge on any atom is -0.497 e. The number of thioether (sulfide) groups is 1. The number of anilines is 1. The molecule has 4 aromatic rings. The number of carbonyl (C=O) groups excluding carboxylic acids is 1. The quantitative estimate of drug-likeness (QED) is 0.229. The van der Waals surface area contributed by atoms with E-state index in [1.807, 2.05) is 28.8 Å². The summed E-state index contributed by atoms with van der Waals surface area (Å²) in [6.45, 7) is 0. The van der Waals surface area contributed by atoms with Crippen LogP contribution in [0.2, 0.25) is 0 Å². The van der Waals surface area contributed by atoms with Crippen LogP contribution in [0.1, 0.15) is 0 Å². The highest BCUT2D eigenvalue weighted by molar-refractivity contribution is 7.99. The van der Waals surface area contributed by atoms with Crippen molar-refractivity contribution in [3.8, 4) is 17.2 Å². The number of nitro groups is 1. The molecule has 0 aliphatic carbocycles. The highest BCUT2D eigenvalue weighted by Crippen LogP contribution is 2.34. The van der Waals surface area contributed by atoms with Gasteiger partial charge in [-0.25, -0.2) is 4.98 Å². The van der Waals surface area contributed by atoms with Crippen LogP contribution in [0, 0.1) is 10.1 Å². The van der Waals surface area contributed by atoms with Gasteiger partial charge in [0, 0.05) is 23.9 Å². The first-order chi connectivity index (χ1) is 16.0. The molecule has 1 aromatic heterocycles. The number of nitrogens with one attached hydrogen (secondary N) is 1. The number of benzene rings is 3. The van der Waals surface area contributed by atoms with Crippen LogP contribution in [0.5, 0.6) is 11.5 Å². The molecule has 10 heteroatoms. The normalized spacial score (nSPS) is 10.7. The number of non-ortho nitro benzene ring substituents is 1. The van der Waals surface area contributed by atoms with Crippen molar-refractivity contribution in [3.05, 3.63) is 76.8 Å². The van der Waals surface area contributed by atoms with Gasteiger partial charge in [-0.15, -0.1) is 0 Å². The Balaban J connectivity index is 1.67. The number of nitro benzene ring substituents is 1. The van der Waals surface area contributed by atoms with Gasteiger partial charge in [0.25, 0.3) is 5.69 Å². The SMILES string of the molecule is COc1cccc(NC(=O)CSc2nc3cc([N+](=O)[O-])ccc3n2-c2ccccc2OC)c1. The molecule has 0 radical (unpaired) electrons. The molecule has 0 aliphatic heterocycles. The lowest BCUT2D eigenvalue weighted by molar-refractivity contribution is -0.384. The summed E-state index contributed by atoms with van der Waals surface area (Å²) in [4.78, 5) is 27.9. The third-order valence-electron chi connectivity index (χ3n) is 4.83. The number of para-hydroxylation sites is 2. The topological polar surface area (TPSA) is 109 Å². The summed E-state index contributed by atoms with van der Waals surface area (Å²) in [5.74, 6) is 1.10. The lowest BCUT2D eigenvalue weighted by atomic mass is 10.2. The number of carbonyl (C=O) groups is 1. The minimum absolute atomic E-state index is 0.0560. The lowest BCUT2D eigenvalue weighted by Crippen LogP contribution is -2.14. The molecule has 4 rings (SSSR count). The predicted octanol–water partition coefficient (Wildman–Crippen LogP) is 4.68. The monoisotopic (exact) mass is 464 g/mol. The fourth-order valence-corrected chi connectivity index (χ4v) is 4.15. The van der Waals surface area contributed by atoms with Crippen LogP contribution < -0.4 is 14.8 Å². The third-order valence-corrected chi connectivity index (χ3v) is 5.77. The van der Waals surface area contributed by atoms with E-state index >= 15 is 0 Å². The number of amides is 1. The van der Waals surface area contributed by atoms with Gasteiger partial charge in [0.1, 0.15) is 11.5 Å². The predicted molar refractivity (Wildman–Crippen MR) is 127 cm³/mol. The zero-order valence-corrected chi connectivity index (χ0v) is 18.7. The Kier molecular flexibility index (Phi) is 6.45. The second-order valence-electron chi connectivity index (χ2n) is 6.90. The number of nitrogens with zero attached hydrogens (tertiary/aromatic N) is 3. The number of ether oxygens (including phenoxy) is 2. The number of methoxy groups -OCH3 is 2. The molecular formula is C23H20N4O5S. The van der Waals surface area contributed by atoms with Crippen molar-refractivity contribution in [1.29, 1.82) is 0 Å². The lowest BCUT2D eigenvalue weighted by Gasteiger charge is -2.13. The van der Waals surface area contributed by atoms with Crippen LogP contribution in [-0.4, -0.2) is 40.4 Å². The minimum atomic E-state index is -0.462. The molecule has 0 bridgehead atoms. The Morgan fingerprint density at radius 1 is 1.09 bits per heavy atom. The second-order valence-corrected chi connectivity index (χ2v) is 7.84. The van der Waals surface area contributed by atoms with Crippen LogP contribution in [0.25, 0.3) is 16.7 Å². The second kappa shape index (κ2) is 9.61. The van der Waals surface area contributed by atoms with Crippen molar-refractivity contribution in [3.63, 3.8) is 0 Å². The van der Waals surface area contributed by atoms with Crippen molar-refractivity contribution >= 4 is 40.1 Å². The van der Waals surface area contributed by atoms with Crippen LogP contribution >= 0.6 is 11.8 Å². The number of fused-ring (bicyclic) bond motifs is 1. The number of imidazole rings is 1. The van der Waals surface area contributed by atoms with Crippen molar-refractivity contribution < 1.29 is 19.2 Å². The summed E-state index contributed by atoms with van der Waals surface area (Å²) in [7, 11) is 3.13. The molecule has 1 amide bonds. The van der Waals surface area contributed by atoms with Crippen molar-refractivity contribution in [2.24, 2.45) is 0 Å². The average Bonchev–Trinajstić information content (AvgIpc) is 3.20. The van der Waals surface area contributed by atoms with Crippen molar-refractivity contribution in [1.82, 2.24) is 9.55 Å². The molecule has 9 nitrogen and oxygen atoms in total. The molecule has 0 fully saturated rings. The molecule has 0 unspecified atom stereocenters. The zero-order valence-electron chi connectivity index (χ0n) is 17.8. The molecule has 0 saturated heterocycles. The van der Waals surface area contributed by atoms with Gasteiger partial charge >= 0.3 is 0 Å². The van der Waals surface area contributed by atoms with Crippen LogP contribution in [0.4, 0.5) is 11.4 Å². The van der Waals surface area contributed by atoms with Crippen LogP contribution in [0.15, 0.2) is 71.9 Å². The summed E-state index contributed by atoms with van der Waals surface area (Å²) in [5, 5.41) is 14.6. The molecule has 1 heterocycles. The molecule has 0 saturated carbocycles. The standard InChI is InChI=1S/C23H20N4O5S/c1-31-17-7-5-6-15(12-17)24-22(28)14-33-23-25-18-13-16(27(29)30)10-11-19(18)26(23)20-8-3-4-9-21(20)32-2/h3-13H,14H2,1-2H3,(H,24,28). The molecule has 33 heavy (non-hydrogen) atoms. The zero-order chi connectivity index (χ0) is 23.4. The fraction of sp³-hybridized carbons (Fsp3) is 0.130. The average molecular weight is 465 g/mol. The Labute approximate surface area is 193 Å². The maximum atomic E-state index is 12.6. The summed E-state index contributed by atoms with van der Waals surface area (Å²) in [6, 6.07) is 19.0. The van der Waals surface area contributed by atoms with E-state index in [-0.39, 0.29) is 17.3 Å². The van der Waals surface area contributed by atoms with E-state index in [0.29, 0.717) is 39.1 Å². The van der Waals surface area contributed by atoms with E-state index in [0.717, 1.165) is 0 Å². The molecule has 1 N–H and O–H groups in total. The summed E-state index contributed by atoms with van der Waals surface area (Å²) in [5.41, 5.74) is 2.40. The highest BCUT2D eigenvalue weighted by atomic mass is 32.2. The van der Waals surface area contributed by atoms with Gasteiger partial charge in [0.2, 0.25) is 5.91 Å². The van der Waals surface area contributed by atoms with Gasteiger partial charge in [-0.2, -0.15) is 0 Å². The first-order valence-corrected chi connectivity index (χ1v) is 10.9. The van der Waals surface area contributed by atoms with Gasteiger partial charge in [0.15, 0.2) is 5.16 Å². The Morgan fingerprint density at radius 2 is 1.91 bits per heavy atom. The number of hydrogen-bond donors (Lipinski definition) is 1. The number of rotatable bonds is 8. The van der Waals surface area contributed by atoms with Crippen LogP contribution in [0.3, 0.4) is 0 Å². The summed E-state index contributed by atoms with van der Waals surface area (Å²) < 4.78 is 12.5. The Morgan fingerprint density at radius 3 is 2.67 bits per heavy atom. The summed E-state index contributed by atoms with van der Waals surface area (Å²) >= 11 is 1.22. The maximum absolute atomic E-state index is 12.6. The van der Waals surface area contributed by atoms with E-state index in [4.69, 9.17) is 9.47 Å². The molecule has 168 valence electrons. The van der Waals surface area contributed by atoms with E-state index < -0.39 is 4.92 Å². The number of aromatic nitrogens is 2. The van der Waals surface area contributed by atoms with Crippen molar-refractivity contribution in [2.75, 3.05) is 25.3 Å². The van der Waals surface area contributed by atoms with E-state index in [1.165, 1.54) is 23.9 Å². The molecule has 3 aromatic carbocycles. The van der Waals surface area contributed by atoms with Gasteiger partial charge in [0.05, 0.1) is 41.6 Å². The molecular weight excluding hydrogens is 444 g/mol. The molecule has 0 atom stereocenters. The van der Waals surface area contributed by atoms with E-state index in [2.05, 4.69) is 10.3 Å². The smallest absolute Gasteiger partial charge is 0.271 e. The van der Waals surface area contributed by atoms with Crippen LogP contribution in [-0.2, 0) is 4.79 Å². The van der Waals surface area contributed by atoms with E-state index in [1.54, 1.807) is 44.6 Å². The third kappa shape index (κ3) is 4.75. The van der Waals surface area contributed by atoms with Gasteiger partial charge in [-0.3, -0.25) is 19.5 Å². The Bertz CT molecular complexity index is 1340. The summed E-state index contributed by atoms with van der Waals surface area (Å²) in [6.07, 6.45) is 0. The van der Waals surface area contributed by atoms with Crippen molar-refractivity contribution in [2.45, 2.75) is 5.16 Å². The number of hydrogen-bond acceptors (Lipinski definition) is 7. The largest absolute Gasteiger partial charge is 0.497 e. The molecule has 0 aliphatic rings. The maximum Gasteiger partial charge on any atom is 0.271 e. The molecule has 0 spiro atoms. The van der Waals surface area contributed by atoms with Gasteiger partial charge in [-0.05, 0) is 30.3 Å². The van der Waals surface area contributed by atoms with Gasteiger partial charge in [-0.1, -0.05) is 30.0 Å². The first kappa shape index (κ1) is 22.2. The van der Waals surface area contributed by atoms with Gasteiger partial charge < -0.3 is 14.8 Å². The van der Waals surface area contributed by atoms with E-state index in [9.17, 15) is 14.9 Å². The highest BCUT2D eigenvalue weighted by Gasteiger charge is 2.19. The Hall–Kier alpha value is -4.05. The fourth-order valence-electron chi connectivity index (χ4n) is 3.33. The first-order valence-electron chi connectivity index (χ1n) is 9.87.